The molecule has 0 radical (unpaired) electrons. The summed E-state index contributed by atoms with van der Waals surface area (Å²) < 4.78 is 0. The molecule has 0 rings (SSSR count). The molecule has 0 fully saturated rings. The fourth-order valence-corrected chi connectivity index (χ4v) is 5.54. The highest BCUT2D eigenvalue weighted by Crippen LogP contribution is 2.24. The van der Waals surface area contributed by atoms with Crippen molar-refractivity contribution in [2.24, 2.45) is 0 Å². The van der Waals surface area contributed by atoms with Gasteiger partial charge in [0.05, 0.1) is 8.07 Å². The molecule has 0 aromatic rings. The van der Waals surface area contributed by atoms with Crippen LogP contribution in [-0.4, -0.2) is 18.7 Å². The third kappa shape index (κ3) is 3.67. The summed E-state index contributed by atoms with van der Waals surface area (Å²) in [6, 6.07) is 0. The minimum absolute atomic E-state index is 0.845. The van der Waals surface area contributed by atoms with Crippen molar-refractivity contribution in [2.45, 2.75) is 44.8 Å². The van der Waals surface area contributed by atoms with Gasteiger partial charge in [-0.05, 0) is 17.0 Å². The Morgan fingerprint density at radius 3 is 1.80 bits per heavy atom. The minimum Gasteiger partial charge on any atom is -0.162 e. The van der Waals surface area contributed by atoms with Gasteiger partial charge in [0.25, 0.3) is 0 Å². The van der Waals surface area contributed by atoms with E-state index in [4.69, 9.17) is 0 Å². The molecule has 0 aromatic carbocycles. The van der Waals surface area contributed by atoms with Crippen LogP contribution in [0.25, 0.3) is 0 Å². The van der Waals surface area contributed by atoms with E-state index in [1.165, 1.54) is 12.2 Å². The van der Waals surface area contributed by atoms with Crippen LogP contribution in [0.1, 0.15) is 20.3 Å². The van der Waals surface area contributed by atoms with Crippen LogP contribution < -0.4 is 0 Å². The Balaban J connectivity index is 3.81. The number of hydrogen-bond acceptors (Lipinski definition) is 1. The lowest BCUT2D eigenvalue weighted by Crippen LogP contribution is -2.35. The van der Waals surface area contributed by atoms with Crippen LogP contribution in [0, 0.1) is 0 Å². The molecule has 0 saturated heterocycles. The molecular formula is C8H20SSi. The third-order valence-corrected chi connectivity index (χ3v) is 7.74. The van der Waals surface area contributed by atoms with Gasteiger partial charge < -0.3 is 0 Å². The monoisotopic (exact) mass is 176 g/mol. The van der Waals surface area contributed by atoms with Crippen molar-refractivity contribution in [3.05, 3.63) is 0 Å². The van der Waals surface area contributed by atoms with Crippen molar-refractivity contribution in [1.82, 2.24) is 0 Å². The van der Waals surface area contributed by atoms with Crippen LogP contribution in [0.3, 0.4) is 0 Å². The summed E-state index contributed by atoms with van der Waals surface area (Å²) in [5, 5.41) is 0. The Labute approximate surface area is 70.8 Å². The predicted octanol–water partition coefficient (Wildman–Crippen LogP) is 3.40. The van der Waals surface area contributed by atoms with Gasteiger partial charge in [-0.3, -0.25) is 0 Å². The molecule has 0 saturated carbocycles. The van der Waals surface area contributed by atoms with Crippen LogP contribution in [-0.2, 0) is 0 Å². The first-order valence-electron chi connectivity index (χ1n) is 4.14. The summed E-state index contributed by atoms with van der Waals surface area (Å²) in [4.78, 5) is 0.970. The van der Waals surface area contributed by atoms with E-state index in [-0.39, 0.29) is 0 Å². The Morgan fingerprint density at radius 2 is 1.70 bits per heavy atom. The summed E-state index contributed by atoms with van der Waals surface area (Å²) in [6.07, 6.45) is 1.36. The van der Waals surface area contributed by atoms with Crippen molar-refractivity contribution in [2.75, 3.05) is 5.75 Å². The standard InChI is InChI=1S/C8H20SSi/c1-6-8(9-7-2)10(3,4)5/h8H,6-7H2,1-5H3. The zero-order chi connectivity index (χ0) is 8.20. The van der Waals surface area contributed by atoms with Crippen molar-refractivity contribution >= 4 is 19.8 Å². The van der Waals surface area contributed by atoms with E-state index in [0.717, 1.165) is 4.87 Å². The molecule has 0 N–H and O–H groups in total. The molecule has 0 aliphatic heterocycles. The van der Waals surface area contributed by atoms with Crippen molar-refractivity contribution in [3.8, 4) is 0 Å². The second kappa shape index (κ2) is 4.45. The van der Waals surface area contributed by atoms with E-state index >= 15 is 0 Å². The summed E-state index contributed by atoms with van der Waals surface area (Å²) >= 11 is 2.15. The average Bonchev–Trinajstić information content (AvgIpc) is 1.80. The number of rotatable bonds is 4. The van der Waals surface area contributed by atoms with Crippen molar-refractivity contribution in [1.29, 1.82) is 0 Å². The molecule has 0 heterocycles. The lowest BCUT2D eigenvalue weighted by molar-refractivity contribution is 1.01. The number of thioether (sulfide) groups is 1. The van der Waals surface area contributed by atoms with Gasteiger partial charge in [-0.25, -0.2) is 0 Å². The smallest absolute Gasteiger partial charge is 0.0587 e. The molecule has 0 spiro atoms. The lowest BCUT2D eigenvalue weighted by atomic mass is 10.6. The van der Waals surface area contributed by atoms with Crippen LogP contribution in [0.2, 0.25) is 19.6 Å². The van der Waals surface area contributed by atoms with Gasteiger partial charge in [-0.2, -0.15) is 11.8 Å². The molecule has 0 amide bonds. The predicted molar refractivity (Wildman–Crippen MR) is 55.6 cm³/mol. The van der Waals surface area contributed by atoms with Gasteiger partial charge in [-0.1, -0.05) is 33.5 Å². The summed E-state index contributed by atoms with van der Waals surface area (Å²) in [5.41, 5.74) is 0. The summed E-state index contributed by atoms with van der Waals surface area (Å²) in [5.74, 6) is 1.28. The molecule has 1 unspecified atom stereocenters. The highest BCUT2D eigenvalue weighted by molar-refractivity contribution is 8.01. The van der Waals surface area contributed by atoms with Crippen LogP contribution >= 0.6 is 11.8 Å². The quantitative estimate of drug-likeness (QED) is 0.592. The Kier molecular flexibility index (Phi) is 4.70. The van der Waals surface area contributed by atoms with Crippen LogP contribution in [0.5, 0.6) is 0 Å². The van der Waals surface area contributed by atoms with Gasteiger partial charge in [0.15, 0.2) is 0 Å². The zero-order valence-corrected chi connectivity index (χ0v) is 9.72. The van der Waals surface area contributed by atoms with Gasteiger partial charge in [-0.15, -0.1) is 0 Å². The van der Waals surface area contributed by atoms with Crippen LogP contribution in [0.4, 0.5) is 0 Å². The highest BCUT2D eigenvalue weighted by atomic mass is 32.2. The fraction of sp³-hybridized carbons (Fsp3) is 1.00. The largest absolute Gasteiger partial charge is 0.162 e. The Morgan fingerprint density at radius 1 is 1.20 bits per heavy atom. The minimum atomic E-state index is -0.845. The molecule has 0 aliphatic carbocycles. The molecule has 2 heteroatoms. The van der Waals surface area contributed by atoms with Gasteiger partial charge in [0, 0.05) is 0 Å². The molecule has 62 valence electrons. The van der Waals surface area contributed by atoms with E-state index in [1.54, 1.807) is 0 Å². The van der Waals surface area contributed by atoms with E-state index in [0.29, 0.717) is 0 Å². The Hall–Kier alpha value is 0.567. The maximum atomic E-state index is 2.46. The summed E-state index contributed by atoms with van der Waals surface area (Å²) in [6.45, 7) is 12.0. The zero-order valence-electron chi connectivity index (χ0n) is 7.90. The fourth-order valence-electron chi connectivity index (χ4n) is 1.18. The maximum absolute atomic E-state index is 2.46. The normalized spacial score (nSPS) is 15.3. The molecule has 0 nitrogen and oxygen atoms in total. The SMILES string of the molecule is CCSC(CC)[Si](C)(C)C. The molecule has 0 aromatic heterocycles. The number of hydrogen-bond donors (Lipinski definition) is 0. The molecule has 0 aliphatic rings. The van der Waals surface area contributed by atoms with Crippen LogP contribution in [0.15, 0.2) is 0 Å². The molecule has 1 atom stereocenters. The maximum Gasteiger partial charge on any atom is 0.0587 e. The summed E-state index contributed by atoms with van der Waals surface area (Å²) in [7, 11) is -0.845. The van der Waals surface area contributed by atoms with Crippen molar-refractivity contribution < 1.29 is 0 Å². The van der Waals surface area contributed by atoms with E-state index in [2.05, 4.69) is 45.3 Å². The van der Waals surface area contributed by atoms with Gasteiger partial charge in [0.2, 0.25) is 0 Å². The molecular weight excluding hydrogens is 156 g/mol. The Bertz CT molecular complexity index is 85.7. The first-order chi connectivity index (χ1) is 4.52. The van der Waals surface area contributed by atoms with Gasteiger partial charge >= 0.3 is 0 Å². The second-order valence-corrected chi connectivity index (χ2v) is 11.0. The second-order valence-electron chi connectivity index (χ2n) is 3.72. The van der Waals surface area contributed by atoms with E-state index < -0.39 is 8.07 Å². The van der Waals surface area contributed by atoms with Gasteiger partial charge in [0.1, 0.15) is 0 Å². The average molecular weight is 176 g/mol. The van der Waals surface area contributed by atoms with E-state index in [9.17, 15) is 0 Å². The third-order valence-electron chi connectivity index (χ3n) is 1.70. The van der Waals surface area contributed by atoms with E-state index in [1.807, 2.05) is 0 Å². The highest BCUT2D eigenvalue weighted by Gasteiger charge is 2.24. The first kappa shape index (κ1) is 10.6. The first-order valence-corrected chi connectivity index (χ1v) is 8.76. The lowest BCUT2D eigenvalue weighted by Gasteiger charge is -2.26. The molecule has 10 heavy (non-hydrogen) atoms. The molecule has 0 bridgehead atoms. The topological polar surface area (TPSA) is 0 Å². The van der Waals surface area contributed by atoms with Crippen molar-refractivity contribution in [3.63, 3.8) is 0 Å².